The Bertz CT molecular complexity index is 801. The fourth-order valence-corrected chi connectivity index (χ4v) is 2.19. The first-order chi connectivity index (χ1) is 9.58. The highest BCUT2D eigenvalue weighted by molar-refractivity contribution is 6.34. The third-order valence-electron chi connectivity index (χ3n) is 2.89. The average molecular weight is 293 g/mol. The summed E-state index contributed by atoms with van der Waals surface area (Å²) >= 11 is 5.92. The molecule has 2 aromatic carbocycles. The third kappa shape index (κ3) is 2.06. The Morgan fingerprint density at radius 3 is 2.80 bits per heavy atom. The highest BCUT2D eigenvalue weighted by atomic mass is 35.5. The maximum atomic E-state index is 13.3. The minimum atomic E-state index is -0.461. The van der Waals surface area contributed by atoms with Crippen molar-refractivity contribution >= 4 is 28.4 Å². The van der Waals surface area contributed by atoms with Crippen molar-refractivity contribution in [1.82, 2.24) is 4.98 Å². The molecule has 3 aromatic rings. The van der Waals surface area contributed by atoms with E-state index in [1.165, 1.54) is 19.2 Å². The molecule has 0 aliphatic heterocycles. The van der Waals surface area contributed by atoms with Crippen LogP contribution in [0.25, 0.3) is 22.6 Å². The number of fused-ring (bicyclic) bond motifs is 1. The first-order valence-corrected chi connectivity index (χ1v) is 6.16. The average Bonchev–Trinajstić information content (AvgIpc) is 2.82. The number of nitrogens with zero attached hydrogens (tertiary/aromatic N) is 1. The summed E-state index contributed by atoms with van der Waals surface area (Å²) in [7, 11) is 1.54. The van der Waals surface area contributed by atoms with Crippen LogP contribution in [0.4, 0.5) is 10.1 Å². The molecule has 0 aliphatic carbocycles. The highest BCUT2D eigenvalue weighted by Crippen LogP contribution is 2.32. The van der Waals surface area contributed by atoms with Gasteiger partial charge in [0.1, 0.15) is 17.1 Å². The van der Waals surface area contributed by atoms with Crippen LogP contribution in [0.15, 0.2) is 34.7 Å². The van der Waals surface area contributed by atoms with Gasteiger partial charge in [-0.2, -0.15) is 0 Å². The van der Waals surface area contributed by atoms with Crippen LogP contribution in [0.2, 0.25) is 5.02 Å². The van der Waals surface area contributed by atoms with Gasteiger partial charge in [-0.15, -0.1) is 0 Å². The summed E-state index contributed by atoms with van der Waals surface area (Å²) in [5.41, 5.74) is 7.67. The van der Waals surface area contributed by atoms with Crippen molar-refractivity contribution in [3.8, 4) is 17.2 Å². The van der Waals surface area contributed by atoms with Gasteiger partial charge in [0.05, 0.1) is 17.8 Å². The van der Waals surface area contributed by atoms with Gasteiger partial charge in [0.15, 0.2) is 5.58 Å². The lowest BCUT2D eigenvalue weighted by Gasteiger charge is -2.04. The van der Waals surface area contributed by atoms with Crippen molar-refractivity contribution in [2.45, 2.75) is 0 Å². The molecule has 0 aliphatic rings. The summed E-state index contributed by atoms with van der Waals surface area (Å²) in [4.78, 5) is 4.21. The molecule has 20 heavy (non-hydrogen) atoms. The van der Waals surface area contributed by atoms with Crippen LogP contribution < -0.4 is 10.5 Å². The zero-order chi connectivity index (χ0) is 14.3. The normalized spacial score (nSPS) is 10.9. The lowest BCUT2D eigenvalue weighted by Crippen LogP contribution is -1.92. The maximum absolute atomic E-state index is 13.3. The molecular formula is C14H10ClFN2O2. The van der Waals surface area contributed by atoms with Crippen LogP contribution in [0.1, 0.15) is 0 Å². The number of anilines is 1. The predicted octanol–water partition coefficient (Wildman–Crippen LogP) is 3.88. The third-order valence-corrected chi connectivity index (χ3v) is 3.17. The topological polar surface area (TPSA) is 61.3 Å². The van der Waals surface area contributed by atoms with Gasteiger partial charge in [-0.25, -0.2) is 9.37 Å². The predicted molar refractivity (Wildman–Crippen MR) is 75.4 cm³/mol. The van der Waals surface area contributed by atoms with Crippen LogP contribution in [0.3, 0.4) is 0 Å². The first-order valence-electron chi connectivity index (χ1n) is 5.78. The number of aromatic nitrogens is 1. The molecule has 1 heterocycles. The molecule has 0 fully saturated rings. The zero-order valence-electron chi connectivity index (χ0n) is 10.5. The molecule has 0 saturated carbocycles. The van der Waals surface area contributed by atoms with Crippen molar-refractivity contribution in [3.05, 3.63) is 41.2 Å². The molecule has 0 saturated heterocycles. The van der Waals surface area contributed by atoms with Gasteiger partial charge in [0, 0.05) is 11.6 Å². The lowest BCUT2D eigenvalue weighted by molar-refractivity contribution is 0.417. The second-order valence-corrected chi connectivity index (χ2v) is 4.62. The SMILES string of the molecule is COc1ccc(-c2nc3cc(F)cc(Cl)c3o2)cc1N. The van der Waals surface area contributed by atoms with Crippen molar-refractivity contribution < 1.29 is 13.5 Å². The number of halogens is 2. The Morgan fingerprint density at radius 2 is 2.10 bits per heavy atom. The molecule has 0 unspecified atom stereocenters. The van der Waals surface area contributed by atoms with Crippen molar-refractivity contribution in [2.75, 3.05) is 12.8 Å². The van der Waals surface area contributed by atoms with E-state index in [-0.39, 0.29) is 5.02 Å². The Labute approximate surface area is 118 Å². The fraction of sp³-hybridized carbons (Fsp3) is 0.0714. The number of rotatable bonds is 2. The molecule has 0 radical (unpaired) electrons. The van der Waals surface area contributed by atoms with E-state index in [0.717, 1.165) is 0 Å². The minimum absolute atomic E-state index is 0.181. The first kappa shape index (κ1) is 12.7. The Balaban J connectivity index is 2.15. The molecule has 0 atom stereocenters. The van der Waals surface area contributed by atoms with Crippen molar-refractivity contribution in [3.63, 3.8) is 0 Å². The molecule has 3 rings (SSSR count). The second-order valence-electron chi connectivity index (χ2n) is 4.21. The Kier molecular flexibility index (Phi) is 2.99. The number of nitrogens with two attached hydrogens (primary N) is 1. The van der Waals surface area contributed by atoms with E-state index in [1.54, 1.807) is 18.2 Å². The number of oxazole rings is 1. The van der Waals surface area contributed by atoms with Crippen LogP contribution >= 0.6 is 11.6 Å². The highest BCUT2D eigenvalue weighted by Gasteiger charge is 2.13. The zero-order valence-corrected chi connectivity index (χ0v) is 11.2. The largest absolute Gasteiger partial charge is 0.495 e. The smallest absolute Gasteiger partial charge is 0.227 e. The number of hydrogen-bond acceptors (Lipinski definition) is 4. The summed E-state index contributed by atoms with van der Waals surface area (Å²) in [6.45, 7) is 0. The van der Waals surface area contributed by atoms with Crippen LogP contribution in [0.5, 0.6) is 5.75 Å². The molecule has 2 N–H and O–H groups in total. The molecule has 6 heteroatoms. The lowest BCUT2D eigenvalue weighted by atomic mass is 10.2. The molecule has 102 valence electrons. The molecule has 1 aromatic heterocycles. The summed E-state index contributed by atoms with van der Waals surface area (Å²) in [5.74, 6) is 0.424. The molecular weight excluding hydrogens is 283 g/mol. The minimum Gasteiger partial charge on any atom is -0.495 e. The standard InChI is InChI=1S/C14H10ClFN2O2/c1-19-12-3-2-7(4-10(12)17)14-18-11-6-8(16)5-9(15)13(11)20-14/h2-6H,17H2,1H3. The fourth-order valence-electron chi connectivity index (χ4n) is 1.95. The van der Waals surface area contributed by atoms with E-state index < -0.39 is 5.82 Å². The number of methoxy groups -OCH3 is 1. The van der Waals surface area contributed by atoms with Crippen LogP contribution in [-0.2, 0) is 0 Å². The number of nitrogen functional groups attached to an aromatic ring is 1. The number of benzene rings is 2. The summed E-state index contributed by atoms with van der Waals surface area (Å²) in [6.07, 6.45) is 0. The van der Waals surface area contributed by atoms with E-state index in [4.69, 9.17) is 26.5 Å². The van der Waals surface area contributed by atoms with Crippen LogP contribution in [0, 0.1) is 5.82 Å². The molecule has 0 spiro atoms. The van der Waals surface area contributed by atoms with E-state index in [0.29, 0.717) is 34.0 Å². The van der Waals surface area contributed by atoms with Gasteiger partial charge in [0.2, 0.25) is 5.89 Å². The second kappa shape index (κ2) is 4.68. The molecule has 0 bridgehead atoms. The summed E-state index contributed by atoms with van der Waals surface area (Å²) in [6, 6.07) is 7.59. The van der Waals surface area contributed by atoms with Gasteiger partial charge < -0.3 is 14.9 Å². The van der Waals surface area contributed by atoms with E-state index in [2.05, 4.69) is 4.98 Å². The van der Waals surface area contributed by atoms with E-state index in [1.807, 2.05) is 0 Å². The summed E-state index contributed by atoms with van der Waals surface area (Å²) in [5, 5.41) is 0.181. The quantitative estimate of drug-likeness (QED) is 0.728. The van der Waals surface area contributed by atoms with Gasteiger partial charge in [-0.3, -0.25) is 0 Å². The van der Waals surface area contributed by atoms with Gasteiger partial charge in [-0.1, -0.05) is 11.6 Å². The monoisotopic (exact) mass is 292 g/mol. The van der Waals surface area contributed by atoms with E-state index >= 15 is 0 Å². The van der Waals surface area contributed by atoms with Gasteiger partial charge in [-0.05, 0) is 24.3 Å². The van der Waals surface area contributed by atoms with Gasteiger partial charge in [0.25, 0.3) is 0 Å². The summed E-state index contributed by atoms with van der Waals surface area (Å²) < 4.78 is 23.9. The number of hydrogen-bond donors (Lipinski definition) is 1. The van der Waals surface area contributed by atoms with Gasteiger partial charge >= 0.3 is 0 Å². The van der Waals surface area contributed by atoms with E-state index in [9.17, 15) is 4.39 Å². The Hall–Kier alpha value is -2.27. The Morgan fingerprint density at radius 1 is 1.30 bits per heavy atom. The molecule has 0 amide bonds. The van der Waals surface area contributed by atoms with Crippen molar-refractivity contribution in [2.24, 2.45) is 0 Å². The number of ether oxygens (including phenoxy) is 1. The molecule has 4 nitrogen and oxygen atoms in total. The van der Waals surface area contributed by atoms with Crippen molar-refractivity contribution in [1.29, 1.82) is 0 Å². The maximum Gasteiger partial charge on any atom is 0.227 e. The van der Waals surface area contributed by atoms with Crippen LogP contribution in [-0.4, -0.2) is 12.1 Å².